The van der Waals surface area contributed by atoms with E-state index in [0.29, 0.717) is 13.0 Å². The second-order valence-corrected chi connectivity index (χ2v) is 7.39. The van der Waals surface area contributed by atoms with Crippen LogP contribution in [0.5, 0.6) is 5.75 Å². The summed E-state index contributed by atoms with van der Waals surface area (Å²) in [5, 5.41) is 0. The molecular weight excluding hydrogens is 300 g/mol. The number of benzene rings is 1. The molecule has 0 bridgehead atoms. The summed E-state index contributed by atoms with van der Waals surface area (Å²) in [5.74, 6) is -1.38. The third-order valence-corrected chi connectivity index (χ3v) is 5.62. The molecule has 0 N–H and O–H groups in total. The van der Waals surface area contributed by atoms with E-state index in [4.69, 9.17) is 4.74 Å². The zero-order valence-electron chi connectivity index (χ0n) is 12.1. The first-order valence-electron chi connectivity index (χ1n) is 6.83. The SMILES string of the molecule is CCN(Cc1c(OC)ccc(F)c1F)C1CCS(=O)(=O)C1. The molecule has 118 valence electrons. The Morgan fingerprint density at radius 2 is 2.10 bits per heavy atom. The quantitative estimate of drug-likeness (QED) is 0.833. The average Bonchev–Trinajstić information content (AvgIpc) is 2.80. The van der Waals surface area contributed by atoms with E-state index in [9.17, 15) is 17.2 Å². The second kappa shape index (κ2) is 6.27. The fourth-order valence-electron chi connectivity index (χ4n) is 2.68. The molecule has 1 unspecified atom stereocenters. The second-order valence-electron chi connectivity index (χ2n) is 5.16. The predicted octanol–water partition coefficient (Wildman–Crippen LogP) is 1.98. The third-order valence-electron chi connectivity index (χ3n) is 3.87. The van der Waals surface area contributed by atoms with Crippen molar-refractivity contribution in [1.29, 1.82) is 0 Å². The number of ether oxygens (including phenoxy) is 1. The van der Waals surface area contributed by atoms with Crippen LogP contribution in [0.3, 0.4) is 0 Å². The minimum Gasteiger partial charge on any atom is -0.496 e. The van der Waals surface area contributed by atoms with Crippen LogP contribution < -0.4 is 4.74 Å². The molecular formula is C14H19F2NO3S. The van der Waals surface area contributed by atoms with E-state index in [1.165, 1.54) is 13.2 Å². The van der Waals surface area contributed by atoms with E-state index < -0.39 is 21.5 Å². The molecule has 2 rings (SSSR count). The first-order valence-corrected chi connectivity index (χ1v) is 8.65. The summed E-state index contributed by atoms with van der Waals surface area (Å²) >= 11 is 0. The van der Waals surface area contributed by atoms with Crippen LogP contribution in [-0.4, -0.2) is 44.5 Å². The van der Waals surface area contributed by atoms with E-state index in [-0.39, 0.29) is 35.4 Å². The van der Waals surface area contributed by atoms with Crippen molar-refractivity contribution in [3.63, 3.8) is 0 Å². The highest BCUT2D eigenvalue weighted by atomic mass is 32.2. The zero-order chi connectivity index (χ0) is 15.6. The van der Waals surface area contributed by atoms with Gasteiger partial charge in [0.1, 0.15) is 5.75 Å². The lowest BCUT2D eigenvalue weighted by Crippen LogP contribution is -2.36. The van der Waals surface area contributed by atoms with Gasteiger partial charge in [0, 0.05) is 18.2 Å². The lowest BCUT2D eigenvalue weighted by molar-refractivity contribution is 0.208. The maximum Gasteiger partial charge on any atom is 0.167 e. The molecule has 1 aromatic carbocycles. The number of rotatable bonds is 5. The Hall–Kier alpha value is -1.21. The first-order chi connectivity index (χ1) is 9.88. The van der Waals surface area contributed by atoms with Gasteiger partial charge in [0.2, 0.25) is 0 Å². The molecule has 21 heavy (non-hydrogen) atoms. The molecule has 0 saturated carbocycles. The summed E-state index contributed by atoms with van der Waals surface area (Å²) in [5.41, 5.74) is 0.128. The summed E-state index contributed by atoms with van der Waals surface area (Å²) in [4.78, 5) is 1.85. The number of nitrogens with zero attached hydrogens (tertiary/aromatic N) is 1. The van der Waals surface area contributed by atoms with Crippen molar-refractivity contribution in [2.45, 2.75) is 25.9 Å². The Bertz CT molecular complexity index is 619. The van der Waals surface area contributed by atoms with Gasteiger partial charge in [-0.25, -0.2) is 17.2 Å². The van der Waals surface area contributed by atoms with Gasteiger partial charge in [0.25, 0.3) is 0 Å². The highest BCUT2D eigenvalue weighted by Gasteiger charge is 2.32. The first kappa shape index (κ1) is 16.2. The largest absolute Gasteiger partial charge is 0.496 e. The lowest BCUT2D eigenvalue weighted by Gasteiger charge is -2.27. The average molecular weight is 319 g/mol. The maximum absolute atomic E-state index is 14.0. The van der Waals surface area contributed by atoms with Gasteiger partial charge in [0.15, 0.2) is 21.5 Å². The molecule has 4 nitrogen and oxygen atoms in total. The minimum absolute atomic E-state index is 0.0695. The predicted molar refractivity (Wildman–Crippen MR) is 76.1 cm³/mol. The van der Waals surface area contributed by atoms with Crippen LogP contribution in [0, 0.1) is 11.6 Å². The highest BCUT2D eigenvalue weighted by molar-refractivity contribution is 7.91. The van der Waals surface area contributed by atoms with E-state index in [0.717, 1.165) is 6.07 Å². The van der Waals surface area contributed by atoms with Gasteiger partial charge in [-0.2, -0.15) is 0 Å². The van der Waals surface area contributed by atoms with Gasteiger partial charge in [-0.3, -0.25) is 4.90 Å². The molecule has 1 aromatic rings. The number of hydrogen-bond donors (Lipinski definition) is 0. The smallest absolute Gasteiger partial charge is 0.167 e. The molecule has 1 aliphatic rings. The van der Waals surface area contributed by atoms with Crippen LogP contribution in [0.1, 0.15) is 18.9 Å². The summed E-state index contributed by atoms with van der Waals surface area (Å²) in [6, 6.07) is 2.24. The van der Waals surface area contributed by atoms with E-state index in [1.54, 1.807) is 0 Å². The van der Waals surface area contributed by atoms with Crippen LogP contribution in [0.15, 0.2) is 12.1 Å². The topological polar surface area (TPSA) is 46.6 Å². The Labute approximate surface area is 123 Å². The van der Waals surface area contributed by atoms with Crippen molar-refractivity contribution in [3.8, 4) is 5.75 Å². The Morgan fingerprint density at radius 3 is 2.62 bits per heavy atom. The molecule has 1 atom stereocenters. The number of sulfone groups is 1. The Balaban J connectivity index is 2.25. The van der Waals surface area contributed by atoms with Gasteiger partial charge in [-0.15, -0.1) is 0 Å². The van der Waals surface area contributed by atoms with Crippen molar-refractivity contribution < 1.29 is 21.9 Å². The van der Waals surface area contributed by atoms with Crippen molar-refractivity contribution in [2.75, 3.05) is 25.2 Å². The molecule has 0 aliphatic carbocycles. The number of hydrogen-bond acceptors (Lipinski definition) is 4. The Morgan fingerprint density at radius 1 is 1.38 bits per heavy atom. The molecule has 1 fully saturated rings. The highest BCUT2D eigenvalue weighted by Crippen LogP contribution is 2.27. The van der Waals surface area contributed by atoms with Gasteiger partial charge >= 0.3 is 0 Å². The van der Waals surface area contributed by atoms with Gasteiger partial charge in [-0.1, -0.05) is 6.92 Å². The van der Waals surface area contributed by atoms with Gasteiger partial charge < -0.3 is 4.74 Å². The molecule has 1 saturated heterocycles. The normalized spacial score (nSPS) is 20.9. The molecule has 0 aromatic heterocycles. The third kappa shape index (κ3) is 3.52. The molecule has 7 heteroatoms. The van der Waals surface area contributed by atoms with Crippen LogP contribution in [0.2, 0.25) is 0 Å². The van der Waals surface area contributed by atoms with Crippen molar-refractivity contribution in [3.05, 3.63) is 29.3 Å². The number of methoxy groups -OCH3 is 1. The van der Waals surface area contributed by atoms with Gasteiger partial charge in [-0.05, 0) is 25.1 Å². The summed E-state index contributed by atoms with van der Waals surface area (Å²) in [7, 11) is -1.62. The standard InChI is InChI=1S/C14H19F2NO3S/c1-3-17(10-6-7-21(18,19)9-10)8-11-13(20-2)5-4-12(15)14(11)16/h4-5,10H,3,6-9H2,1-2H3. The lowest BCUT2D eigenvalue weighted by atomic mass is 10.1. The van der Waals surface area contributed by atoms with Crippen LogP contribution in [0.25, 0.3) is 0 Å². The monoisotopic (exact) mass is 319 g/mol. The molecule has 0 spiro atoms. The van der Waals surface area contributed by atoms with E-state index >= 15 is 0 Å². The molecule has 0 amide bonds. The summed E-state index contributed by atoms with van der Waals surface area (Å²) < 4.78 is 55.6. The van der Waals surface area contributed by atoms with Crippen molar-refractivity contribution in [1.82, 2.24) is 4.90 Å². The molecule has 0 radical (unpaired) electrons. The fourth-order valence-corrected chi connectivity index (χ4v) is 4.44. The van der Waals surface area contributed by atoms with Gasteiger partial charge in [0.05, 0.1) is 18.6 Å². The minimum atomic E-state index is -3.02. The van der Waals surface area contributed by atoms with Crippen LogP contribution >= 0.6 is 0 Å². The maximum atomic E-state index is 14.0. The summed E-state index contributed by atoms with van der Waals surface area (Å²) in [6.07, 6.45) is 0.523. The summed E-state index contributed by atoms with van der Waals surface area (Å²) in [6.45, 7) is 2.55. The molecule has 1 aliphatic heterocycles. The van der Waals surface area contributed by atoms with Crippen molar-refractivity contribution in [2.24, 2.45) is 0 Å². The Kier molecular flexibility index (Phi) is 4.83. The zero-order valence-corrected chi connectivity index (χ0v) is 12.9. The van der Waals surface area contributed by atoms with E-state index in [1.807, 2.05) is 11.8 Å². The van der Waals surface area contributed by atoms with Crippen molar-refractivity contribution >= 4 is 9.84 Å². The fraction of sp³-hybridized carbons (Fsp3) is 0.571. The molecule has 1 heterocycles. The van der Waals surface area contributed by atoms with Crippen LogP contribution in [0.4, 0.5) is 8.78 Å². The number of halogens is 2. The van der Waals surface area contributed by atoms with E-state index in [2.05, 4.69) is 0 Å². The van der Waals surface area contributed by atoms with Crippen LogP contribution in [-0.2, 0) is 16.4 Å².